The van der Waals surface area contributed by atoms with Crippen LogP contribution >= 0.6 is 11.6 Å². The number of benzene rings is 2. The second-order valence-corrected chi connectivity index (χ2v) is 8.73. The molecule has 0 saturated heterocycles. The van der Waals surface area contributed by atoms with Crippen LogP contribution in [0.25, 0.3) is 0 Å². The number of anilines is 2. The number of halogens is 1. The minimum absolute atomic E-state index is 0.0441. The van der Waals surface area contributed by atoms with E-state index in [2.05, 4.69) is 5.32 Å². The van der Waals surface area contributed by atoms with Crippen molar-refractivity contribution >= 4 is 38.9 Å². The van der Waals surface area contributed by atoms with E-state index in [1.165, 1.54) is 4.31 Å². The summed E-state index contributed by atoms with van der Waals surface area (Å²) in [4.78, 5) is 12.3. The SMILES string of the molecule is Cc1ccc(NC(=O)CCN(c2ccc(Cl)cc2C)S(C)(=O)=O)c(C)c1. The van der Waals surface area contributed by atoms with Crippen LogP contribution in [-0.2, 0) is 14.8 Å². The number of carbonyl (C=O) groups is 1. The highest BCUT2D eigenvalue weighted by Crippen LogP contribution is 2.26. The van der Waals surface area contributed by atoms with Crippen molar-refractivity contribution in [2.75, 3.05) is 22.4 Å². The zero-order chi connectivity index (χ0) is 19.5. The molecule has 0 aromatic heterocycles. The lowest BCUT2D eigenvalue weighted by atomic mass is 10.1. The Morgan fingerprint density at radius 1 is 1.08 bits per heavy atom. The predicted octanol–water partition coefficient (Wildman–Crippen LogP) is 4.06. The Balaban J connectivity index is 2.13. The first-order valence-electron chi connectivity index (χ1n) is 8.19. The van der Waals surface area contributed by atoms with Gasteiger partial charge in [0.05, 0.1) is 11.9 Å². The molecule has 0 spiro atoms. The molecule has 1 amide bonds. The van der Waals surface area contributed by atoms with Gasteiger partial charge in [0.1, 0.15) is 0 Å². The zero-order valence-corrected chi connectivity index (χ0v) is 16.9. The zero-order valence-electron chi connectivity index (χ0n) is 15.3. The molecule has 1 N–H and O–H groups in total. The maximum Gasteiger partial charge on any atom is 0.232 e. The van der Waals surface area contributed by atoms with Gasteiger partial charge in [-0.2, -0.15) is 0 Å². The lowest BCUT2D eigenvalue weighted by molar-refractivity contribution is -0.116. The summed E-state index contributed by atoms with van der Waals surface area (Å²) < 4.78 is 25.6. The number of rotatable bonds is 6. The highest BCUT2D eigenvalue weighted by Gasteiger charge is 2.20. The van der Waals surface area contributed by atoms with Crippen LogP contribution < -0.4 is 9.62 Å². The summed E-state index contributed by atoms with van der Waals surface area (Å²) in [6.45, 7) is 5.74. The number of nitrogens with one attached hydrogen (secondary N) is 1. The molecule has 0 aliphatic rings. The lowest BCUT2D eigenvalue weighted by Crippen LogP contribution is -2.33. The van der Waals surface area contributed by atoms with E-state index in [1.807, 2.05) is 32.0 Å². The van der Waals surface area contributed by atoms with Gasteiger partial charge < -0.3 is 5.32 Å². The molecule has 0 radical (unpaired) electrons. The van der Waals surface area contributed by atoms with Crippen LogP contribution in [0.5, 0.6) is 0 Å². The molecule has 0 atom stereocenters. The fourth-order valence-electron chi connectivity index (χ4n) is 2.73. The predicted molar refractivity (Wildman–Crippen MR) is 108 cm³/mol. The summed E-state index contributed by atoms with van der Waals surface area (Å²) in [7, 11) is -3.53. The third-order valence-electron chi connectivity index (χ3n) is 4.03. The number of aryl methyl sites for hydroxylation is 3. The van der Waals surface area contributed by atoms with E-state index in [1.54, 1.807) is 25.1 Å². The van der Waals surface area contributed by atoms with Crippen LogP contribution in [0.4, 0.5) is 11.4 Å². The Bertz CT molecular complexity index is 926. The summed E-state index contributed by atoms with van der Waals surface area (Å²) in [5.41, 5.74) is 4.07. The molecular formula is C19H23ClN2O3S. The van der Waals surface area contributed by atoms with E-state index in [4.69, 9.17) is 11.6 Å². The Labute approximate surface area is 160 Å². The molecule has 140 valence electrons. The summed E-state index contributed by atoms with van der Waals surface area (Å²) in [5, 5.41) is 3.37. The van der Waals surface area contributed by atoms with Crippen molar-refractivity contribution in [3.8, 4) is 0 Å². The molecule has 2 aromatic carbocycles. The lowest BCUT2D eigenvalue weighted by Gasteiger charge is -2.24. The molecule has 0 bridgehead atoms. The van der Waals surface area contributed by atoms with Gasteiger partial charge in [-0.25, -0.2) is 8.42 Å². The maximum atomic E-state index is 12.3. The smallest absolute Gasteiger partial charge is 0.232 e. The Kier molecular flexibility index (Phi) is 6.31. The topological polar surface area (TPSA) is 66.5 Å². The maximum absolute atomic E-state index is 12.3. The van der Waals surface area contributed by atoms with E-state index in [0.717, 1.165) is 28.6 Å². The molecule has 5 nitrogen and oxygen atoms in total. The summed E-state index contributed by atoms with van der Waals surface area (Å²) in [6, 6.07) is 10.7. The largest absolute Gasteiger partial charge is 0.326 e. The highest BCUT2D eigenvalue weighted by atomic mass is 35.5. The fourth-order valence-corrected chi connectivity index (χ4v) is 3.95. The van der Waals surface area contributed by atoms with Crippen LogP contribution in [0.2, 0.25) is 5.02 Å². The van der Waals surface area contributed by atoms with Crippen molar-refractivity contribution in [3.05, 3.63) is 58.1 Å². The van der Waals surface area contributed by atoms with Crippen molar-refractivity contribution < 1.29 is 13.2 Å². The summed E-state index contributed by atoms with van der Waals surface area (Å²) in [5.74, 6) is -0.239. The Hall–Kier alpha value is -2.05. The van der Waals surface area contributed by atoms with Gasteiger partial charge in [-0.15, -0.1) is 0 Å². The molecule has 2 rings (SSSR count). The van der Waals surface area contributed by atoms with Crippen LogP contribution in [0.15, 0.2) is 36.4 Å². The van der Waals surface area contributed by atoms with Gasteiger partial charge in [0.2, 0.25) is 15.9 Å². The molecule has 0 unspecified atom stereocenters. The number of amides is 1. The van der Waals surface area contributed by atoms with Gasteiger partial charge in [-0.1, -0.05) is 29.3 Å². The molecule has 7 heteroatoms. The van der Waals surface area contributed by atoms with Crippen LogP contribution in [0.1, 0.15) is 23.1 Å². The minimum Gasteiger partial charge on any atom is -0.326 e. The second-order valence-electron chi connectivity index (χ2n) is 6.38. The van der Waals surface area contributed by atoms with E-state index >= 15 is 0 Å². The molecule has 0 aliphatic carbocycles. The van der Waals surface area contributed by atoms with Crippen LogP contribution in [-0.4, -0.2) is 27.1 Å². The molecule has 2 aromatic rings. The van der Waals surface area contributed by atoms with Gasteiger partial charge in [-0.3, -0.25) is 9.10 Å². The first-order chi connectivity index (χ1) is 12.1. The van der Waals surface area contributed by atoms with E-state index in [0.29, 0.717) is 10.7 Å². The van der Waals surface area contributed by atoms with Crippen molar-refractivity contribution in [3.63, 3.8) is 0 Å². The normalized spacial score (nSPS) is 11.3. The van der Waals surface area contributed by atoms with Gasteiger partial charge in [0.15, 0.2) is 0 Å². The molecule has 0 fully saturated rings. The number of hydrogen-bond acceptors (Lipinski definition) is 3. The Morgan fingerprint density at radius 2 is 1.77 bits per heavy atom. The van der Waals surface area contributed by atoms with Crippen LogP contribution in [0, 0.1) is 20.8 Å². The van der Waals surface area contributed by atoms with Gasteiger partial charge >= 0.3 is 0 Å². The first kappa shape index (κ1) is 20.3. The number of hydrogen-bond donors (Lipinski definition) is 1. The average Bonchev–Trinajstić information content (AvgIpc) is 2.51. The minimum atomic E-state index is -3.53. The summed E-state index contributed by atoms with van der Waals surface area (Å²) in [6.07, 6.45) is 1.17. The second kappa shape index (κ2) is 8.10. The van der Waals surface area contributed by atoms with Crippen molar-refractivity contribution in [2.45, 2.75) is 27.2 Å². The number of sulfonamides is 1. The third kappa shape index (κ3) is 5.22. The fraction of sp³-hybridized carbons (Fsp3) is 0.316. The molecule has 26 heavy (non-hydrogen) atoms. The van der Waals surface area contributed by atoms with Gasteiger partial charge in [0.25, 0.3) is 0 Å². The number of nitrogens with zero attached hydrogens (tertiary/aromatic N) is 1. The van der Waals surface area contributed by atoms with Crippen molar-refractivity contribution in [1.82, 2.24) is 0 Å². The van der Waals surface area contributed by atoms with E-state index in [9.17, 15) is 13.2 Å². The molecule has 0 heterocycles. The van der Waals surface area contributed by atoms with Crippen molar-refractivity contribution in [2.24, 2.45) is 0 Å². The highest BCUT2D eigenvalue weighted by molar-refractivity contribution is 7.92. The van der Waals surface area contributed by atoms with Crippen molar-refractivity contribution in [1.29, 1.82) is 0 Å². The monoisotopic (exact) mass is 394 g/mol. The van der Waals surface area contributed by atoms with Gasteiger partial charge in [0, 0.05) is 23.7 Å². The van der Waals surface area contributed by atoms with Gasteiger partial charge in [-0.05, 0) is 56.2 Å². The van der Waals surface area contributed by atoms with E-state index in [-0.39, 0.29) is 18.9 Å². The Morgan fingerprint density at radius 3 is 2.35 bits per heavy atom. The third-order valence-corrected chi connectivity index (χ3v) is 5.44. The standard InChI is InChI=1S/C19H23ClN2O3S/c1-13-5-7-17(14(2)11-13)21-19(23)9-10-22(26(4,24)25)18-8-6-16(20)12-15(18)3/h5-8,11-12H,9-10H2,1-4H3,(H,21,23). The number of carbonyl (C=O) groups excluding carboxylic acids is 1. The molecular weight excluding hydrogens is 372 g/mol. The average molecular weight is 395 g/mol. The molecule has 0 aliphatic heterocycles. The molecule has 0 saturated carbocycles. The quantitative estimate of drug-likeness (QED) is 0.803. The first-order valence-corrected chi connectivity index (χ1v) is 10.4. The van der Waals surface area contributed by atoms with Crippen LogP contribution in [0.3, 0.4) is 0 Å². The summed E-state index contributed by atoms with van der Waals surface area (Å²) >= 11 is 5.95. The van der Waals surface area contributed by atoms with E-state index < -0.39 is 10.0 Å².